The van der Waals surface area contributed by atoms with E-state index in [-0.39, 0.29) is 22.9 Å². The van der Waals surface area contributed by atoms with Crippen LogP contribution in [0.4, 0.5) is 5.69 Å². The zero-order valence-electron chi connectivity index (χ0n) is 10.8. The highest BCUT2D eigenvalue weighted by atomic mass is 16.3. The maximum Gasteiger partial charge on any atom is 0.257 e. The molecule has 0 bridgehead atoms. The Morgan fingerprint density at radius 2 is 2.05 bits per heavy atom. The van der Waals surface area contributed by atoms with Crippen LogP contribution < -0.4 is 5.73 Å². The normalized spacial score (nSPS) is 10.2. The summed E-state index contributed by atoms with van der Waals surface area (Å²) in [6.45, 7) is 0. The van der Waals surface area contributed by atoms with Gasteiger partial charge in [0.2, 0.25) is 0 Å². The molecule has 0 radical (unpaired) electrons. The fraction of sp³-hybridized carbons (Fsp3) is 0.143. The summed E-state index contributed by atoms with van der Waals surface area (Å²) < 4.78 is 0. The Kier molecular flexibility index (Phi) is 3.37. The summed E-state index contributed by atoms with van der Waals surface area (Å²) in [5.74, 6) is -0.497. The molecule has 2 aromatic rings. The van der Waals surface area contributed by atoms with Gasteiger partial charge in [0.05, 0.1) is 11.3 Å². The number of amides is 1. The molecular formula is C14H15N3O2. The lowest BCUT2D eigenvalue weighted by atomic mass is 9.98. The Hall–Kier alpha value is -2.56. The summed E-state index contributed by atoms with van der Waals surface area (Å²) in [5.41, 5.74) is 7.40. The van der Waals surface area contributed by atoms with Crippen LogP contribution in [0.15, 0.2) is 36.7 Å². The van der Waals surface area contributed by atoms with E-state index in [1.165, 1.54) is 4.90 Å². The second kappa shape index (κ2) is 4.97. The van der Waals surface area contributed by atoms with Crippen LogP contribution in [0.3, 0.4) is 0 Å². The largest absolute Gasteiger partial charge is 0.505 e. The molecule has 0 fully saturated rings. The number of aromatic nitrogens is 1. The van der Waals surface area contributed by atoms with Crippen LogP contribution in [-0.2, 0) is 0 Å². The van der Waals surface area contributed by atoms with E-state index in [1.807, 2.05) is 6.07 Å². The van der Waals surface area contributed by atoms with Crippen molar-refractivity contribution in [3.05, 3.63) is 42.2 Å². The number of anilines is 1. The van der Waals surface area contributed by atoms with Crippen LogP contribution in [0.2, 0.25) is 0 Å². The van der Waals surface area contributed by atoms with Gasteiger partial charge in [0.15, 0.2) is 5.75 Å². The van der Waals surface area contributed by atoms with E-state index in [0.29, 0.717) is 5.56 Å². The standard InChI is InChI=1S/C14H15N3O2/c1-17(2)14(19)12-10(5-6-11(15)13(12)18)9-4-3-7-16-8-9/h3-8,18H,15H2,1-2H3. The highest BCUT2D eigenvalue weighted by molar-refractivity contribution is 6.04. The highest BCUT2D eigenvalue weighted by Gasteiger charge is 2.21. The predicted octanol–water partition coefficient (Wildman–Crippen LogP) is 1.74. The summed E-state index contributed by atoms with van der Waals surface area (Å²) >= 11 is 0. The lowest BCUT2D eigenvalue weighted by Crippen LogP contribution is -2.22. The number of nitrogens with two attached hydrogens (primary N) is 1. The van der Waals surface area contributed by atoms with Gasteiger partial charge < -0.3 is 15.7 Å². The second-order valence-corrected chi connectivity index (χ2v) is 4.37. The molecule has 19 heavy (non-hydrogen) atoms. The topological polar surface area (TPSA) is 79.5 Å². The number of nitrogen functional groups attached to an aromatic ring is 1. The van der Waals surface area contributed by atoms with Crippen molar-refractivity contribution in [1.29, 1.82) is 0 Å². The molecular weight excluding hydrogens is 242 g/mol. The van der Waals surface area contributed by atoms with E-state index >= 15 is 0 Å². The van der Waals surface area contributed by atoms with E-state index in [1.54, 1.807) is 44.7 Å². The lowest BCUT2D eigenvalue weighted by molar-refractivity contribution is 0.0825. The number of phenols is 1. The van der Waals surface area contributed by atoms with Crippen molar-refractivity contribution in [3.63, 3.8) is 0 Å². The molecule has 98 valence electrons. The quantitative estimate of drug-likeness (QED) is 0.634. The minimum Gasteiger partial charge on any atom is -0.505 e. The summed E-state index contributed by atoms with van der Waals surface area (Å²) in [7, 11) is 3.25. The second-order valence-electron chi connectivity index (χ2n) is 4.37. The van der Waals surface area contributed by atoms with Crippen LogP contribution in [0.5, 0.6) is 5.75 Å². The van der Waals surface area contributed by atoms with Crippen molar-refractivity contribution in [2.45, 2.75) is 0 Å². The van der Waals surface area contributed by atoms with Gasteiger partial charge in [-0.25, -0.2) is 0 Å². The van der Waals surface area contributed by atoms with E-state index in [4.69, 9.17) is 5.73 Å². The van der Waals surface area contributed by atoms with Gasteiger partial charge in [-0.15, -0.1) is 0 Å². The third kappa shape index (κ3) is 2.35. The number of carbonyl (C=O) groups is 1. The van der Waals surface area contributed by atoms with Crippen LogP contribution >= 0.6 is 0 Å². The van der Waals surface area contributed by atoms with Gasteiger partial charge >= 0.3 is 0 Å². The van der Waals surface area contributed by atoms with E-state index < -0.39 is 0 Å². The molecule has 0 aliphatic heterocycles. The van der Waals surface area contributed by atoms with E-state index in [9.17, 15) is 9.90 Å². The molecule has 0 aliphatic rings. The Morgan fingerprint density at radius 3 is 2.63 bits per heavy atom. The summed E-state index contributed by atoms with van der Waals surface area (Å²) in [6.07, 6.45) is 3.28. The van der Waals surface area contributed by atoms with Gasteiger partial charge in [-0.2, -0.15) is 0 Å². The zero-order valence-corrected chi connectivity index (χ0v) is 10.8. The van der Waals surface area contributed by atoms with Gasteiger partial charge in [0, 0.05) is 32.1 Å². The average Bonchev–Trinajstić information content (AvgIpc) is 2.41. The Balaban J connectivity index is 2.69. The van der Waals surface area contributed by atoms with Gasteiger partial charge in [0.25, 0.3) is 5.91 Å². The lowest BCUT2D eigenvalue weighted by Gasteiger charge is -2.16. The summed E-state index contributed by atoms with van der Waals surface area (Å²) in [6, 6.07) is 6.88. The minimum atomic E-state index is -0.302. The van der Waals surface area contributed by atoms with Crippen molar-refractivity contribution in [2.75, 3.05) is 19.8 Å². The molecule has 0 spiro atoms. The molecule has 0 saturated heterocycles. The van der Waals surface area contributed by atoms with Crippen molar-refractivity contribution in [1.82, 2.24) is 9.88 Å². The maximum absolute atomic E-state index is 12.2. The van der Waals surface area contributed by atoms with Gasteiger partial charge in [0.1, 0.15) is 0 Å². The van der Waals surface area contributed by atoms with Gasteiger partial charge in [-0.1, -0.05) is 12.1 Å². The van der Waals surface area contributed by atoms with Crippen LogP contribution in [0.25, 0.3) is 11.1 Å². The number of phenolic OH excluding ortho intramolecular Hbond substituents is 1. The van der Waals surface area contributed by atoms with E-state index in [2.05, 4.69) is 4.98 Å². The van der Waals surface area contributed by atoms with Gasteiger partial charge in [-0.3, -0.25) is 9.78 Å². The molecule has 0 unspecified atom stereocenters. The first-order valence-electron chi connectivity index (χ1n) is 5.76. The summed E-state index contributed by atoms with van der Waals surface area (Å²) in [4.78, 5) is 17.6. The first kappa shape index (κ1) is 12.9. The predicted molar refractivity (Wildman–Crippen MR) is 73.8 cm³/mol. The van der Waals surface area contributed by atoms with Crippen molar-refractivity contribution >= 4 is 11.6 Å². The molecule has 5 heteroatoms. The number of carbonyl (C=O) groups excluding carboxylic acids is 1. The number of pyridine rings is 1. The van der Waals surface area contributed by atoms with E-state index in [0.717, 1.165) is 5.56 Å². The third-order valence-corrected chi connectivity index (χ3v) is 2.80. The van der Waals surface area contributed by atoms with Crippen LogP contribution in [-0.4, -0.2) is 35.0 Å². The number of benzene rings is 1. The number of hydrogen-bond acceptors (Lipinski definition) is 4. The fourth-order valence-corrected chi connectivity index (χ4v) is 1.81. The zero-order chi connectivity index (χ0) is 14.0. The number of nitrogens with zero attached hydrogens (tertiary/aromatic N) is 2. The minimum absolute atomic E-state index is 0.179. The third-order valence-electron chi connectivity index (χ3n) is 2.80. The van der Waals surface area contributed by atoms with Gasteiger partial charge in [-0.05, 0) is 17.7 Å². The first-order chi connectivity index (χ1) is 9.02. The molecule has 1 aromatic heterocycles. The Labute approximate surface area is 111 Å². The smallest absolute Gasteiger partial charge is 0.257 e. The van der Waals surface area contributed by atoms with Crippen molar-refractivity contribution in [3.8, 4) is 16.9 Å². The molecule has 0 saturated carbocycles. The number of aromatic hydroxyl groups is 1. The number of rotatable bonds is 2. The molecule has 0 atom stereocenters. The molecule has 1 amide bonds. The average molecular weight is 257 g/mol. The van der Waals surface area contributed by atoms with Crippen molar-refractivity contribution < 1.29 is 9.90 Å². The molecule has 1 heterocycles. The molecule has 3 N–H and O–H groups in total. The van der Waals surface area contributed by atoms with Crippen LogP contribution in [0.1, 0.15) is 10.4 Å². The number of hydrogen-bond donors (Lipinski definition) is 2. The molecule has 1 aromatic carbocycles. The first-order valence-corrected chi connectivity index (χ1v) is 5.76. The Morgan fingerprint density at radius 1 is 1.32 bits per heavy atom. The monoisotopic (exact) mass is 257 g/mol. The Bertz CT molecular complexity index is 610. The fourth-order valence-electron chi connectivity index (χ4n) is 1.81. The molecule has 2 rings (SSSR count). The SMILES string of the molecule is CN(C)C(=O)c1c(-c2cccnc2)ccc(N)c1O. The molecule has 0 aliphatic carbocycles. The maximum atomic E-state index is 12.2. The molecule has 5 nitrogen and oxygen atoms in total. The van der Waals surface area contributed by atoms with Crippen molar-refractivity contribution in [2.24, 2.45) is 0 Å². The summed E-state index contributed by atoms with van der Waals surface area (Å²) in [5, 5.41) is 10.1. The highest BCUT2D eigenvalue weighted by Crippen LogP contribution is 2.34. The van der Waals surface area contributed by atoms with Crippen LogP contribution in [0, 0.1) is 0 Å².